The van der Waals surface area contributed by atoms with Crippen molar-refractivity contribution in [3.05, 3.63) is 41.7 Å². The first-order chi connectivity index (χ1) is 11.1. The maximum atomic E-state index is 12.2. The molecule has 5 nitrogen and oxygen atoms in total. The number of H-pyrrole nitrogens is 1. The molecule has 0 bridgehead atoms. The second kappa shape index (κ2) is 6.74. The van der Waals surface area contributed by atoms with Gasteiger partial charge in [0.2, 0.25) is 11.1 Å². The molecule has 2 aromatic rings. The zero-order valence-electron chi connectivity index (χ0n) is 13.6. The summed E-state index contributed by atoms with van der Waals surface area (Å²) in [5.41, 5.74) is 1.36. The van der Waals surface area contributed by atoms with Crippen LogP contribution in [0.4, 0.5) is 0 Å². The van der Waals surface area contributed by atoms with Crippen molar-refractivity contribution in [2.45, 2.75) is 37.3 Å². The number of amides is 1. The number of aromatic nitrogens is 3. The molecule has 1 saturated heterocycles. The molecule has 2 heterocycles. The molecule has 23 heavy (non-hydrogen) atoms. The van der Waals surface area contributed by atoms with Crippen LogP contribution in [0.3, 0.4) is 0 Å². The molecule has 1 amide bonds. The Kier molecular flexibility index (Phi) is 4.71. The fourth-order valence-electron chi connectivity index (χ4n) is 3.04. The van der Waals surface area contributed by atoms with E-state index in [9.17, 15) is 4.79 Å². The Labute approximate surface area is 140 Å². The molecule has 0 saturated carbocycles. The van der Waals surface area contributed by atoms with Crippen molar-refractivity contribution >= 4 is 17.7 Å². The lowest BCUT2D eigenvalue weighted by Gasteiger charge is -2.40. The molecule has 0 aliphatic carbocycles. The van der Waals surface area contributed by atoms with E-state index in [1.165, 1.54) is 5.56 Å². The van der Waals surface area contributed by atoms with E-state index in [0.717, 1.165) is 36.2 Å². The van der Waals surface area contributed by atoms with Crippen LogP contribution in [0.25, 0.3) is 0 Å². The number of benzene rings is 1. The van der Waals surface area contributed by atoms with Crippen LogP contribution in [0, 0.1) is 6.92 Å². The Balaban J connectivity index is 1.61. The molecule has 0 spiro atoms. The van der Waals surface area contributed by atoms with Crippen LogP contribution >= 0.6 is 11.8 Å². The topological polar surface area (TPSA) is 61.9 Å². The first-order valence-electron chi connectivity index (χ1n) is 7.92. The normalized spacial score (nSPS) is 21.7. The molecule has 1 aliphatic rings. The number of aryl methyl sites for hydroxylation is 1. The molecule has 1 atom stereocenters. The Morgan fingerprint density at radius 3 is 2.83 bits per heavy atom. The van der Waals surface area contributed by atoms with Gasteiger partial charge in [-0.05, 0) is 18.9 Å². The summed E-state index contributed by atoms with van der Waals surface area (Å²) in [7, 11) is 0. The number of carbonyl (C=O) groups is 1. The van der Waals surface area contributed by atoms with E-state index in [4.69, 9.17) is 0 Å². The first-order valence-corrected chi connectivity index (χ1v) is 8.90. The van der Waals surface area contributed by atoms with E-state index >= 15 is 0 Å². The van der Waals surface area contributed by atoms with Gasteiger partial charge in [-0.2, -0.15) is 0 Å². The van der Waals surface area contributed by atoms with E-state index in [1.807, 2.05) is 17.9 Å². The zero-order valence-corrected chi connectivity index (χ0v) is 14.4. The van der Waals surface area contributed by atoms with Crippen molar-refractivity contribution in [3.8, 4) is 0 Å². The van der Waals surface area contributed by atoms with Gasteiger partial charge in [0.25, 0.3) is 0 Å². The van der Waals surface area contributed by atoms with Crippen LogP contribution in [-0.4, -0.2) is 44.8 Å². The summed E-state index contributed by atoms with van der Waals surface area (Å²) in [5, 5.41) is 7.70. The Morgan fingerprint density at radius 1 is 1.35 bits per heavy atom. The summed E-state index contributed by atoms with van der Waals surface area (Å²) in [6, 6.07) is 10.5. The fourth-order valence-corrected chi connectivity index (χ4v) is 3.85. The van der Waals surface area contributed by atoms with Crippen LogP contribution in [-0.2, 0) is 10.2 Å². The zero-order chi connectivity index (χ0) is 16.3. The second-order valence-corrected chi connectivity index (χ2v) is 7.36. The number of hydrogen-bond acceptors (Lipinski definition) is 4. The van der Waals surface area contributed by atoms with Gasteiger partial charge >= 0.3 is 0 Å². The van der Waals surface area contributed by atoms with E-state index in [2.05, 4.69) is 46.4 Å². The van der Waals surface area contributed by atoms with E-state index in [-0.39, 0.29) is 11.3 Å². The summed E-state index contributed by atoms with van der Waals surface area (Å²) in [6.07, 6.45) is 1.54. The van der Waals surface area contributed by atoms with Crippen LogP contribution in [0.1, 0.15) is 31.2 Å². The Hall–Kier alpha value is -1.82. The Bertz CT molecular complexity index is 672. The highest BCUT2D eigenvalue weighted by molar-refractivity contribution is 7.99. The molecule has 1 aromatic carbocycles. The lowest BCUT2D eigenvalue weighted by molar-refractivity contribution is -0.134. The quantitative estimate of drug-likeness (QED) is 0.856. The van der Waals surface area contributed by atoms with Crippen LogP contribution in [0.2, 0.25) is 0 Å². The van der Waals surface area contributed by atoms with Gasteiger partial charge in [-0.1, -0.05) is 49.0 Å². The summed E-state index contributed by atoms with van der Waals surface area (Å²) >= 11 is 1.59. The van der Waals surface area contributed by atoms with Crippen molar-refractivity contribution in [2.24, 2.45) is 0 Å². The molecule has 1 aliphatic heterocycles. The van der Waals surface area contributed by atoms with Crippen molar-refractivity contribution in [1.29, 1.82) is 0 Å². The molecule has 0 unspecified atom stereocenters. The highest BCUT2D eigenvalue weighted by atomic mass is 32.2. The van der Waals surface area contributed by atoms with Crippen molar-refractivity contribution in [1.82, 2.24) is 20.1 Å². The highest BCUT2D eigenvalue weighted by Crippen LogP contribution is 2.34. The largest absolute Gasteiger partial charge is 0.341 e. The summed E-state index contributed by atoms with van der Waals surface area (Å²) < 4.78 is 0. The smallest absolute Gasteiger partial charge is 0.222 e. The minimum Gasteiger partial charge on any atom is -0.341 e. The minimum atomic E-state index is 0.0427. The number of likely N-dealkylation sites (tertiary alicyclic amines) is 1. The maximum Gasteiger partial charge on any atom is 0.222 e. The molecule has 1 aromatic heterocycles. The van der Waals surface area contributed by atoms with Crippen LogP contribution in [0.5, 0.6) is 0 Å². The molecular weight excluding hydrogens is 308 g/mol. The van der Waals surface area contributed by atoms with Gasteiger partial charge in [0.15, 0.2) is 0 Å². The van der Waals surface area contributed by atoms with Gasteiger partial charge in [-0.3, -0.25) is 9.89 Å². The second-order valence-electron chi connectivity index (χ2n) is 6.29. The average Bonchev–Trinajstić information content (AvgIpc) is 2.97. The van der Waals surface area contributed by atoms with E-state index in [1.54, 1.807) is 11.8 Å². The number of piperidine rings is 1. The summed E-state index contributed by atoms with van der Waals surface area (Å²) in [4.78, 5) is 18.5. The lowest BCUT2D eigenvalue weighted by atomic mass is 9.76. The number of nitrogens with one attached hydrogen (secondary N) is 1. The van der Waals surface area contributed by atoms with Crippen LogP contribution < -0.4 is 0 Å². The summed E-state index contributed by atoms with van der Waals surface area (Å²) in [5.74, 6) is 1.89. The minimum absolute atomic E-state index is 0.0427. The monoisotopic (exact) mass is 330 g/mol. The van der Waals surface area contributed by atoms with Gasteiger partial charge < -0.3 is 4.90 Å². The van der Waals surface area contributed by atoms with Gasteiger partial charge in [0, 0.05) is 30.7 Å². The molecular formula is C17H22N4OS. The van der Waals surface area contributed by atoms with Gasteiger partial charge in [0.05, 0.1) is 0 Å². The molecule has 0 radical (unpaired) electrons. The predicted octanol–water partition coefficient (Wildman–Crippen LogP) is 2.79. The molecule has 122 valence electrons. The highest BCUT2D eigenvalue weighted by Gasteiger charge is 2.35. The lowest BCUT2D eigenvalue weighted by Crippen LogP contribution is -2.48. The van der Waals surface area contributed by atoms with Crippen molar-refractivity contribution in [3.63, 3.8) is 0 Å². The number of thioether (sulfide) groups is 1. The predicted molar refractivity (Wildman–Crippen MR) is 91.5 cm³/mol. The number of aromatic amines is 1. The number of carbonyl (C=O) groups excluding carboxylic acids is 1. The molecule has 3 rings (SSSR count). The van der Waals surface area contributed by atoms with Crippen molar-refractivity contribution < 1.29 is 4.79 Å². The summed E-state index contributed by atoms with van der Waals surface area (Å²) in [6.45, 7) is 5.66. The molecule has 1 fully saturated rings. The van der Waals surface area contributed by atoms with Gasteiger partial charge in [0.1, 0.15) is 5.82 Å². The number of nitrogens with zero attached hydrogens (tertiary/aromatic N) is 3. The van der Waals surface area contributed by atoms with E-state index < -0.39 is 0 Å². The number of rotatable bonds is 5. The van der Waals surface area contributed by atoms with Gasteiger partial charge in [-0.25, -0.2) is 4.98 Å². The molecule has 1 N–H and O–H groups in total. The van der Waals surface area contributed by atoms with Crippen molar-refractivity contribution in [2.75, 3.05) is 18.8 Å². The average molecular weight is 330 g/mol. The van der Waals surface area contributed by atoms with Gasteiger partial charge in [-0.15, -0.1) is 5.10 Å². The Morgan fingerprint density at radius 2 is 2.13 bits per heavy atom. The standard InChI is InChI=1S/C17H22N4OS/c1-13-18-16(20-19-13)23-11-10-21-12-17(2,9-8-15(21)22)14-6-4-3-5-7-14/h3-7H,8-12H2,1-2H3,(H,18,19,20)/t17-/m0/s1. The first kappa shape index (κ1) is 16.1. The SMILES string of the molecule is Cc1nc(SCCN2C[C@@](C)(c3ccccc3)CCC2=O)n[nH]1. The van der Waals surface area contributed by atoms with E-state index in [0.29, 0.717) is 6.42 Å². The van der Waals surface area contributed by atoms with Crippen LogP contribution in [0.15, 0.2) is 35.5 Å². The number of hydrogen-bond donors (Lipinski definition) is 1. The third-order valence-corrected chi connectivity index (χ3v) is 5.25. The fraction of sp³-hybridized carbons (Fsp3) is 0.471. The maximum absolute atomic E-state index is 12.2. The molecule has 6 heteroatoms. The third-order valence-electron chi connectivity index (χ3n) is 4.42. The third kappa shape index (κ3) is 3.75.